The van der Waals surface area contributed by atoms with Crippen LogP contribution in [0.2, 0.25) is 0 Å². The maximum atomic E-state index is 13.8. The summed E-state index contributed by atoms with van der Waals surface area (Å²) in [4.78, 5) is 36.2. The number of hydrogen-bond donors (Lipinski definition) is 0. The number of piperidine rings is 1. The fraction of sp³-hybridized carbons (Fsp3) is 0.421. The first kappa shape index (κ1) is 35.9. The maximum Gasteiger partial charge on any atom is 0.389 e. The van der Waals surface area contributed by atoms with Gasteiger partial charge in [-0.3, -0.25) is 9.59 Å². The fourth-order valence-electron chi connectivity index (χ4n) is 7.01. The molecule has 0 bridgehead atoms. The largest absolute Gasteiger partial charge is 0.496 e. The second-order valence-corrected chi connectivity index (χ2v) is 13.2. The number of fused-ring (bicyclic) bond motifs is 1. The number of Topliss-reactive ketones (excluding diaryl/α,β-unsaturated/α-hetero) is 1. The molecule has 2 aliphatic rings. The van der Waals surface area contributed by atoms with E-state index in [0.717, 1.165) is 24.1 Å². The van der Waals surface area contributed by atoms with E-state index < -0.39 is 12.6 Å². The Morgan fingerprint density at radius 2 is 1.75 bits per heavy atom. The molecule has 3 aromatic carbocycles. The number of likely N-dealkylation sites (tertiary alicyclic amines) is 1. The fourth-order valence-corrected chi connectivity index (χ4v) is 7.01. The number of likely N-dealkylation sites (N-methyl/N-ethyl adjacent to an activating group) is 1. The van der Waals surface area contributed by atoms with Crippen molar-refractivity contribution in [1.29, 1.82) is 0 Å². The topological polar surface area (TPSA) is 105 Å². The zero-order valence-corrected chi connectivity index (χ0v) is 28.8. The van der Waals surface area contributed by atoms with Gasteiger partial charge in [-0.15, -0.1) is 5.10 Å². The third-order valence-electron chi connectivity index (χ3n) is 9.81. The van der Waals surface area contributed by atoms with Gasteiger partial charge in [0.2, 0.25) is 5.78 Å². The normalized spacial score (nSPS) is 17.2. The summed E-state index contributed by atoms with van der Waals surface area (Å²) in [5.74, 6) is 0.259. The molecule has 268 valence electrons. The molecule has 2 atom stereocenters. The van der Waals surface area contributed by atoms with Gasteiger partial charge in [-0.2, -0.15) is 18.3 Å². The monoisotopic (exact) mass is 701 g/mol. The summed E-state index contributed by atoms with van der Waals surface area (Å²) in [7, 11) is 3.34. The van der Waals surface area contributed by atoms with Crippen LogP contribution in [0.15, 0.2) is 88.2 Å². The van der Waals surface area contributed by atoms with Crippen LogP contribution < -0.4 is 4.74 Å². The van der Waals surface area contributed by atoms with Crippen LogP contribution in [0.1, 0.15) is 76.2 Å². The number of carbonyl (C=O) groups is 2. The predicted octanol–water partition coefficient (Wildman–Crippen LogP) is 7.72. The Bertz CT molecular complexity index is 1870. The van der Waals surface area contributed by atoms with E-state index in [4.69, 9.17) is 4.74 Å². The first-order valence-corrected chi connectivity index (χ1v) is 17.3. The molecule has 2 unspecified atom stereocenters. The van der Waals surface area contributed by atoms with Crippen LogP contribution in [-0.4, -0.2) is 83.8 Å². The van der Waals surface area contributed by atoms with Crippen molar-refractivity contribution in [3.05, 3.63) is 95.3 Å². The van der Waals surface area contributed by atoms with E-state index in [1.807, 2.05) is 36.4 Å². The number of aryl methyl sites for hydroxylation is 1. The van der Waals surface area contributed by atoms with Gasteiger partial charge in [-0.1, -0.05) is 48.5 Å². The van der Waals surface area contributed by atoms with Gasteiger partial charge >= 0.3 is 6.18 Å². The molecule has 2 aliphatic heterocycles. The van der Waals surface area contributed by atoms with Gasteiger partial charge in [0, 0.05) is 38.4 Å². The molecule has 0 saturated carbocycles. The number of ether oxygens (including phenoxy) is 1. The number of aromatic nitrogens is 2. The summed E-state index contributed by atoms with van der Waals surface area (Å²) < 4.78 is 46.0. The number of para-hydroxylation sites is 2. The van der Waals surface area contributed by atoms with Crippen LogP contribution >= 0.6 is 0 Å². The Morgan fingerprint density at radius 3 is 2.45 bits per heavy atom. The van der Waals surface area contributed by atoms with E-state index in [1.165, 1.54) is 0 Å². The lowest BCUT2D eigenvalue weighted by atomic mass is 9.90. The number of alkyl halides is 3. The average Bonchev–Trinajstić information content (AvgIpc) is 3.82. The number of hydrogen-bond acceptors (Lipinski definition) is 8. The molecular formula is C38H42F3N7O3. The number of imidazole rings is 1. The molecule has 0 aliphatic carbocycles. The molecule has 13 heteroatoms. The van der Waals surface area contributed by atoms with Crippen LogP contribution in [0, 0.1) is 5.92 Å². The molecule has 3 heterocycles. The summed E-state index contributed by atoms with van der Waals surface area (Å²) in [6, 6.07) is 22.4. The summed E-state index contributed by atoms with van der Waals surface area (Å²) in [6.45, 7) is 2.78. The second kappa shape index (κ2) is 16.0. The molecule has 1 amide bonds. The molecule has 0 spiro atoms. The minimum atomic E-state index is -4.25. The molecular weight excluding hydrogens is 659 g/mol. The van der Waals surface area contributed by atoms with Crippen molar-refractivity contribution in [2.24, 2.45) is 21.4 Å². The quantitative estimate of drug-likeness (QED) is 0.125. The van der Waals surface area contributed by atoms with Crippen molar-refractivity contribution >= 4 is 28.9 Å². The Labute approximate surface area is 295 Å². The Morgan fingerprint density at radius 1 is 1.00 bits per heavy atom. The smallest absolute Gasteiger partial charge is 0.389 e. The van der Waals surface area contributed by atoms with Crippen molar-refractivity contribution in [2.75, 3.05) is 40.3 Å². The Kier molecular flexibility index (Phi) is 11.2. The number of rotatable bonds is 14. The van der Waals surface area contributed by atoms with Crippen LogP contribution in [0.3, 0.4) is 0 Å². The summed E-state index contributed by atoms with van der Waals surface area (Å²) in [5, 5.41) is 11.6. The van der Waals surface area contributed by atoms with Gasteiger partial charge in [0.1, 0.15) is 11.8 Å². The molecule has 51 heavy (non-hydrogen) atoms. The van der Waals surface area contributed by atoms with E-state index in [2.05, 4.69) is 37.5 Å². The third-order valence-corrected chi connectivity index (χ3v) is 9.81. The Hall–Kier alpha value is -4.91. The van der Waals surface area contributed by atoms with Crippen molar-refractivity contribution < 1.29 is 27.5 Å². The highest BCUT2D eigenvalue weighted by Crippen LogP contribution is 2.30. The highest BCUT2D eigenvalue weighted by Gasteiger charge is 2.31. The van der Waals surface area contributed by atoms with Crippen molar-refractivity contribution in [1.82, 2.24) is 19.4 Å². The van der Waals surface area contributed by atoms with Gasteiger partial charge in [0.05, 0.1) is 29.9 Å². The van der Waals surface area contributed by atoms with Crippen LogP contribution in [0.4, 0.5) is 13.2 Å². The van der Waals surface area contributed by atoms with E-state index in [-0.39, 0.29) is 48.4 Å². The number of halogens is 3. The first-order chi connectivity index (χ1) is 24.6. The van der Waals surface area contributed by atoms with E-state index in [9.17, 15) is 22.8 Å². The van der Waals surface area contributed by atoms with Gasteiger partial charge in [0.25, 0.3) is 5.91 Å². The van der Waals surface area contributed by atoms with Crippen LogP contribution in [0.5, 0.6) is 5.75 Å². The lowest BCUT2D eigenvalue weighted by molar-refractivity contribution is -0.135. The number of ketones is 1. The molecule has 1 aromatic heterocycles. The summed E-state index contributed by atoms with van der Waals surface area (Å²) in [6.07, 6.45) is -1.58. The molecule has 0 radical (unpaired) electrons. The molecule has 4 aromatic rings. The molecule has 6 rings (SSSR count). The standard InChI is InChI=1S/C38H42F3N7O3/c1-46(37(50)30-23-28(13-14-34(30)51-2)32-24-42-45-44-32)25-29(26-9-4-3-5-10-26)17-22-47-20-15-27(16-21-47)35(49)36-43-31-11-6-7-12-33(31)48(36)19-8-18-38(39,40)41/h3-7,9-14,23-24,27,29,32H,8,15-22,25H2,1-2H3. The summed E-state index contributed by atoms with van der Waals surface area (Å²) >= 11 is 0. The Balaban J connectivity index is 1.09. The van der Waals surface area contributed by atoms with Crippen LogP contribution in [-0.2, 0) is 6.54 Å². The highest BCUT2D eigenvalue weighted by molar-refractivity contribution is 5.98. The second-order valence-electron chi connectivity index (χ2n) is 13.2. The van der Waals surface area contributed by atoms with E-state index >= 15 is 0 Å². The SMILES string of the molecule is COc1ccc(C2C=NN=N2)cc1C(=O)N(C)CC(CCN1CCC(C(=O)c2nc3ccccc3n2CCCC(F)(F)F)CC1)c1ccccc1. The zero-order valence-electron chi connectivity index (χ0n) is 28.8. The maximum absolute atomic E-state index is 13.8. The summed E-state index contributed by atoms with van der Waals surface area (Å²) in [5.41, 5.74) is 3.67. The average molecular weight is 702 g/mol. The highest BCUT2D eigenvalue weighted by atomic mass is 19.4. The predicted molar refractivity (Wildman–Crippen MR) is 188 cm³/mol. The van der Waals surface area contributed by atoms with Crippen molar-refractivity contribution in [3.8, 4) is 5.75 Å². The van der Waals surface area contributed by atoms with E-state index in [0.29, 0.717) is 54.8 Å². The van der Waals surface area contributed by atoms with E-state index in [1.54, 1.807) is 54.1 Å². The zero-order chi connectivity index (χ0) is 36.0. The van der Waals surface area contributed by atoms with Gasteiger partial charge < -0.3 is 19.1 Å². The van der Waals surface area contributed by atoms with Gasteiger partial charge in [-0.05, 0) is 85.9 Å². The number of methoxy groups -OCH3 is 1. The molecule has 10 nitrogen and oxygen atoms in total. The number of carbonyl (C=O) groups excluding carboxylic acids is 2. The third kappa shape index (κ3) is 8.70. The number of nitrogens with zero attached hydrogens (tertiary/aromatic N) is 7. The van der Waals surface area contributed by atoms with Gasteiger partial charge in [-0.25, -0.2) is 4.98 Å². The molecule has 0 N–H and O–H groups in total. The first-order valence-electron chi connectivity index (χ1n) is 17.3. The van der Waals surface area contributed by atoms with Crippen molar-refractivity contribution in [3.63, 3.8) is 0 Å². The number of amides is 1. The molecule has 1 saturated heterocycles. The minimum Gasteiger partial charge on any atom is -0.496 e. The lowest BCUT2D eigenvalue weighted by Crippen LogP contribution is -2.39. The van der Waals surface area contributed by atoms with Crippen LogP contribution in [0.25, 0.3) is 11.0 Å². The lowest BCUT2D eigenvalue weighted by Gasteiger charge is -2.33. The van der Waals surface area contributed by atoms with Crippen molar-refractivity contribution in [2.45, 2.75) is 56.8 Å². The molecule has 1 fully saturated rings. The minimum absolute atomic E-state index is 0.0565. The number of benzene rings is 3. The van der Waals surface area contributed by atoms with Gasteiger partial charge in [0.15, 0.2) is 5.82 Å².